The van der Waals surface area contributed by atoms with Gasteiger partial charge in [0.15, 0.2) is 0 Å². The summed E-state index contributed by atoms with van der Waals surface area (Å²) < 4.78 is 0. The number of aryl methyl sites for hydroxylation is 1. The monoisotopic (exact) mass is 354 g/mol. The summed E-state index contributed by atoms with van der Waals surface area (Å²) in [5.74, 6) is -0.582. The predicted octanol–water partition coefficient (Wildman–Crippen LogP) is 1.93. The zero-order valence-corrected chi connectivity index (χ0v) is 14.1. The van der Waals surface area contributed by atoms with Crippen LogP contribution in [0, 0.1) is 17.0 Å². The fourth-order valence-electron chi connectivity index (χ4n) is 2.79. The lowest BCUT2D eigenvalue weighted by atomic mass is 10.0. The van der Waals surface area contributed by atoms with Crippen molar-refractivity contribution in [3.8, 4) is 0 Å². The number of nitrogens with one attached hydrogen (secondary N) is 3. The highest BCUT2D eigenvalue weighted by Crippen LogP contribution is 2.20. The highest BCUT2D eigenvalue weighted by Gasteiger charge is 2.28. The number of aromatic amines is 2. The number of H-pyrrole nitrogens is 2. The van der Waals surface area contributed by atoms with E-state index in [-0.39, 0.29) is 23.1 Å². The zero-order valence-electron chi connectivity index (χ0n) is 14.1. The second-order valence-corrected chi connectivity index (χ2v) is 5.94. The minimum atomic E-state index is -0.602. The number of rotatable bonds is 7. The first-order valence-corrected chi connectivity index (χ1v) is 8.06. The van der Waals surface area contributed by atoms with Crippen molar-refractivity contribution in [3.05, 3.63) is 75.6 Å². The minimum Gasteiger partial charge on any atom is -0.348 e. The third-order valence-electron chi connectivity index (χ3n) is 3.99. The van der Waals surface area contributed by atoms with Crippen molar-refractivity contribution in [2.45, 2.75) is 25.8 Å². The van der Waals surface area contributed by atoms with Crippen LogP contribution in [-0.4, -0.2) is 37.0 Å². The molecule has 0 aliphatic carbocycles. The van der Waals surface area contributed by atoms with Gasteiger partial charge in [-0.1, -0.05) is 30.3 Å². The van der Waals surface area contributed by atoms with E-state index in [4.69, 9.17) is 0 Å². The number of hydrogen-bond acceptors (Lipinski definition) is 5. The van der Waals surface area contributed by atoms with Gasteiger partial charge in [0.2, 0.25) is 5.69 Å². The van der Waals surface area contributed by atoms with Crippen molar-refractivity contribution in [2.24, 2.45) is 0 Å². The molecule has 3 aromatic rings. The number of imidazole rings is 1. The van der Waals surface area contributed by atoms with Crippen molar-refractivity contribution < 1.29 is 9.72 Å². The van der Waals surface area contributed by atoms with Gasteiger partial charge in [0.25, 0.3) is 5.91 Å². The van der Waals surface area contributed by atoms with Crippen molar-refractivity contribution in [1.29, 1.82) is 0 Å². The SMILES string of the molecule is Cc1[nH]nc(C(=O)N[C@H](Cc2ccccc2)Cc2cnc[nH]2)c1[N+](=O)[O-]. The lowest BCUT2D eigenvalue weighted by Gasteiger charge is -2.17. The van der Waals surface area contributed by atoms with Crippen LogP contribution in [-0.2, 0) is 12.8 Å². The first kappa shape index (κ1) is 17.3. The number of nitrogens with zero attached hydrogens (tertiary/aromatic N) is 3. The highest BCUT2D eigenvalue weighted by atomic mass is 16.6. The average molecular weight is 354 g/mol. The van der Waals surface area contributed by atoms with Gasteiger partial charge in [-0.2, -0.15) is 5.10 Å². The summed E-state index contributed by atoms with van der Waals surface area (Å²) in [5.41, 5.74) is 1.63. The van der Waals surface area contributed by atoms with Crippen molar-refractivity contribution in [1.82, 2.24) is 25.5 Å². The summed E-state index contributed by atoms with van der Waals surface area (Å²) in [6.45, 7) is 1.51. The fraction of sp³-hybridized carbons (Fsp3) is 0.235. The number of carbonyl (C=O) groups excluding carboxylic acids is 1. The number of aromatic nitrogens is 4. The molecule has 0 unspecified atom stereocenters. The lowest BCUT2D eigenvalue weighted by Crippen LogP contribution is -2.38. The maximum atomic E-state index is 12.6. The Balaban J connectivity index is 1.80. The second kappa shape index (κ2) is 7.60. The number of benzene rings is 1. The van der Waals surface area contributed by atoms with E-state index in [0.29, 0.717) is 12.8 Å². The summed E-state index contributed by atoms with van der Waals surface area (Å²) in [5, 5.41) is 20.3. The van der Waals surface area contributed by atoms with E-state index in [1.165, 1.54) is 6.92 Å². The van der Waals surface area contributed by atoms with Gasteiger partial charge in [-0.05, 0) is 18.9 Å². The van der Waals surface area contributed by atoms with Crippen molar-refractivity contribution in [3.63, 3.8) is 0 Å². The standard InChI is InChI=1S/C17H18N6O3/c1-11-16(23(25)26)15(22-21-11)17(24)20-13(8-14-9-18-10-19-14)7-12-5-3-2-4-6-12/h2-6,9-10,13H,7-8H2,1H3,(H,18,19)(H,20,24)(H,21,22)/t13-/m1/s1. The quantitative estimate of drug-likeness (QED) is 0.441. The van der Waals surface area contributed by atoms with E-state index in [2.05, 4.69) is 25.5 Å². The molecule has 3 N–H and O–H groups in total. The second-order valence-electron chi connectivity index (χ2n) is 5.94. The third-order valence-corrected chi connectivity index (χ3v) is 3.99. The molecule has 0 fully saturated rings. The summed E-state index contributed by atoms with van der Waals surface area (Å²) in [6, 6.07) is 9.42. The molecule has 9 heteroatoms. The molecule has 0 spiro atoms. The fourth-order valence-corrected chi connectivity index (χ4v) is 2.79. The van der Waals surface area contributed by atoms with E-state index in [0.717, 1.165) is 11.3 Å². The van der Waals surface area contributed by atoms with Crippen LogP contribution < -0.4 is 5.32 Å². The predicted molar refractivity (Wildman–Crippen MR) is 93.7 cm³/mol. The smallest absolute Gasteiger partial charge is 0.322 e. The molecular formula is C17H18N6O3. The van der Waals surface area contributed by atoms with Gasteiger partial charge in [-0.15, -0.1) is 0 Å². The topological polar surface area (TPSA) is 130 Å². The Kier molecular flexibility index (Phi) is 5.07. The van der Waals surface area contributed by atoms with Crippen LogP contribution in [0.1, 0.15) is 27.4 Å². The molecule has 0 aliphatic rings. The Bertz CT molecular complexity index is 889. The molecule has 134 valence electrons. The average Bonchev–Trinajstić information content (AvgIpc) is 3.25. The molecule has 1 aromatic carbocycles. The molecule has 26 heavy (non-hydrogen) atoms. The Morgan fingerprint density at radius 3 is 2.73 bits per heavy atom. The maximum Gasteiger partial charge on any atom is 0.322 e. The van der Waals surface area contributed by atoms with Crippen LogP contribution in [0.4, 0.5) is 5.69 Å². The zero-order chi connectivity index (χ0) is 18.5. The Hall–Kier alpha value is -3.49. The van der Waals surface area contributed by atoms with Gasteiger partial charge in [0.05, 0.1) is 11.3 Å². The van der Waals surface area contributed by atoms with Crippen LogP contribution in [0.25, 0.3) is 0 Å². The maximum absolute atomic E-state index is 12.6. The number of amides is 1. The van der Waals surface area contributed by atoms with Crippen LogP contribution in [0.5, 0.6) is 0 Å². The normalized spacial score (nSPS) is 11.9. The van der Waals surface area contributed by atoms with Gasteiger partial charge >= 0.3 is 5.69 Å². The van der Waals surface area contributed by atoms with Gasteiger partial charge in [0.1, 0.15) is 5.69 Å². The molecule has 2 heterocycles. The summed E-state index contributed by atoms with van der Waals surface area (Å²) in [4.78, 5) is 30.2. The molecule has 1 amide bonds. The van der Waals surface area contributed by atoms with Gasteiger partial charge in [-0.3, -0.25) is 20.0 Å². The van der Waals surface area contributed by atoms with Crippen LogP contribution >= 0.6 is 0 Å². The van der Waals surface area contributed by atoms with Gasteiger partial charge in [0, 0.05) is 24.4 Å². The molecule has 0 radical (unpaired) electrons. The largest absolute Gasteiger partial charge is 0.348 e. The first-order valence-electron chi connectivity index (χ1n) is 8.06. The van der Waals surface area contributed by atoms with E-state index < -0.39 is 10.8 Å². The number of hydrogen-bond donors (Lipinski definition) is 3. The summed E-state index contributed by atoms with van der Waals surface area (Å²) in [6.07, 6.45) is 4.34. The number of nitro groups is 1. The molecule has 3 rings (SSSR count). The Morgan fingerprint density at radius 2 is 2.08 bits per heavy atom. The van der Waals surface area contributed by atoms with Crippen molar-refractivity contribution >= 4 is 11.6 Å². The molecule has 2 aromatic heterocycles. The minimum absolute atomic E-state index is 0.213. The molecule has 0 aliphatic heterocycles. The van der Waals surface area contributed by atoms with Crippen LogP contribution in [0.3, 0.4) is 0 Å². The Labute approximate surface area is 149 Å². The van der Waals surface area contributed by atoms with E-state index >= 15 is 0 Å². The molecule has 0 saturated carbocycles. The molecule has 0 saturated heterocycles. The molecular weight excluding hydrogens is 336 g/mol. The van der Waals surface area contributed by atoms with E-state index in [9.17, 15) is 14.9 Å². The summed E-state index contributed by atoms with van der Waals surface area (Å²) >= 11 is 0. The van der Waals surface area contributed by atoms with E-state index in [1.54, 1.807) is 12.5 Å². The van der Waals surface area contributed by atoms with Gasteiger partial charge in [-0.25, -0.2) is 4.98 Å². The lowest BCUT2D eigenvalue weighted by molar-refractivity contribution is -0.385. The first-order chi connectivity index (χ1) is 12.5. The van der Waals surface area contributed by atoms with Crippen molar-refractivity contribution in [2.75, 3.05) is 0 Å². The van der Waals surface area contributed by atoms with Crippen LogP contribution in [0.2, 0.25) is 0 Å². The van der Waals surface area contributed by atoms with Gasteiger partial charge < -0.3 is 10.3 Å². The highest BCUT2D eigenvalue weighted by molar-refractivity contribution is 5.96. The molecule has 1 atom stereocenters. The molecule has 9 nitrogen and oxygen atoms in total. The number of carbonyl (C=O) groups is 1. The third kappa shape index (κ3) is 3.94. The summed E-state index contributed by atoms with van der Waals surface area (Å²) in [7, 11) is 0. The Morgan fingerprint density at radius 1 is 1.31 bits per heavy atom. The molecule has 0 bridgehead atoms. The van der Waals surface area contributed by atoms with Crippen LogP contribution in [0.15, 0.2) is 42.9 Å². The van der Waals surface area contributed by atoms with E-state index in [1.807, 2.05) is 30.3 Å².